The number of halogens is 2. The SMILES string of the molecule is OC[C@H]1OCCCC[C@H]1c1ccc(Cl)c(Cl)c1. The first-order valence-electron chi connectivity index (χ1n) is 5.90. The molecule has 0 unspecified atom stereocenters. The number of aliphatic hydroxyl groups is 1. The minimum absolute atomic E-state index is 0.0465. The summed E-state index contributed by atoms with van der Waals surface area (Å²) in [6.45, 7) is 0.772. The predicted molar refractivity (Wildman–Crippen MR) is 69.9 cm³/mol. The summed E-state index contributed by atoms with van der Waals surface area (Å²) in [4.78, 5) is 0. The van der Waals surface area contributed by atoms with Gasteiger partial charge in [-0.05, 0) is 30.5 Å². The fourth-order valence-corrected chi connectivity index (χ4v) is 2.61. The number of benzene rings is 1. The lowest BCUT2D eigenvalue weighted by Crippen LogP contribution is -2.25. The van der Waals surface area contributed by atoms with Gasteiger partial charge >= 0.3 is 0 Å². The average molecular weight is 275 g/mol. The van der Waals surface area contributed by atoms with E-state index in [0.29, 0.717) is 10.0 Å². The topological polar surface area (TPSA) is 29.5 Å². The molecule has 1 aliphatic rings. The van der Waals surface area contributed by atoms with E-state index in [2.05, 4.69) is 0 Å². The average Bonchev–Trinajstić information content (AvgIpc) is 2.57. The highest BCUT2D eigenvalue weighted by Crippen LogP contribution is 2.33. The second-order valence-electron chi connectivity index (χ2n) is 4.37. The predicted octanol–water partition coefficient (Wildman–Crippen LogP) is 3.64. The zero-order valence-electron chi connectivity index (χ0n) is 9.53. The van der Waals surface area contributed by atoms with Crippen LogP contribution in [0.4, 0.5) is 0 Å². The van der Waals surface area contributed by atoms with Crippen LogP contribution in [-0.4, -0.2) is 24.4 Å². The minimum Gasteiger partial charge on any atom is -0.394 e. The Labute approximate surface area is 111 Å². The van der Waals surface area contributed by atoms with E-state index in [1.165, 1.54) is 0 Å². The van der Waals surface area contributed by atoms with Crippen LogP contribution in [0.25, 0.3) is 0 Å². The third kappa shape index (κ3) is 3.14. The van der Waals surface area contributed by atoms with E-state index in [-0.39, 0.29) is 18.6 Å². The highest BCUT2D eigenvalue weighted by Gasteiger charge is 2.25. The molecule has 94 valence electrons. The minimum atomic E-state index is -0.130. The van der Waals surface area contributed by atoms with Gasteiger partial charge in [-0.25, -0.2) is 0 Å². The highest BCUT2D eigenvalue weighted by atomic mass is 35.5. The van der Waals surface area contributed by atoms with Gasteiger partial charge in [0.2, 0.25) is 0 Å². The van der Waals surface area contributed by atoms with Gasteiger partial charge in [-0.1, -0.05) is 35.7 Å². The largest absolute Gasteiger partial charge is 0.394 e. The quantitative estimate of drug-likeness (QED) is 0.892. The number of ether oxygens (including phenoxy) is 1. The Morgan fingerprint density at radius 1 is 1.24 bits per heavy atom. The highest BCUT2D eigenvalue weighted by molar-refractivity contribution is 6.42. The molecule has 17 heavy (non-hydrogen) atoms. The van der Waals surface area contributed by atoms with Crippen molar-refractivity contribution in [2.24, 2.45) is 0 Å². The summed E-state index contributed by atoms with van der Waals surface area (Å²) in [6.07, 6.45) is 3.05. The monoisotopic (exact) mass is 274 g/mol. The van der Waals surface area contributed by atoms with Crippen molar-refractivity contribution in [3.63, 3.8) is 0 Å². The van der Waals surface area contributed by atoms with Gasteiger partial charge in [0.1, 0.15) is 0 Å². The molecule has 2 nitrogen and oxygen atoms in total. The normalized spacial score (nSPS) is 25.6. The number of hydrogen-bond acceptors (Lipinski definition) is 2. The molecule has 1 heterocycles. The van der Waals surface area contributed by atoms with Crippen molar-refractivity contribution in [3.8, 4) is 0 Å². The van der Waals surface area contributed by atoms with Crippen molar-refractivity contribution in [2.45, 2.75) is 31.3 Å². The Morgan fingerprint density at radius 2 is 2.06 bits per heavy atom. The van der Waals surface area contributed by atoms with Crippen molar-refractivity contribution in [1.29, 1.82) is 0 Å². The maximum absolute atomic E-state index is 9.39. The fraction of sp³-hybridized carbons (Fsp3) is 0.538. The Kier molecular flexibility index (Phi) is 4.69. The van der Waals surface area contributed by atoms with Gasteiger partial charge in [-0.15, -0.1) is 0 Å². The fourth-order valence-electron chi connectivity index (χ4n) is 2.31. The third-order valence-electron chi connectivity index (χ3n) is 3.24. The lowest BCUT2D eigenvalue weighted by molar-refractivity contribution is 0.00589. The molecule has 0 aromatic heterocycles. The van der Waals surface area contributed by atoms with Gasteiger partial charge in [-0.3, -0.25) is 0 Å². The molecule has 4 heteroatoms. The van der Waals surface area contributed by atoms with Crippen LogP contribution in [0, 0.1) is 0 Å². The molecule has 2 rings (SSSR count). The number of rotatable bonds is 2. The molecule has 1 N–H and O–H groups in total. The molecule has 0 amide bonds. The number of hydrogen-bond donors (Lipinski definition) is 1. The first-order chi connectivity index (χ1) is 8.22. The second-order valence-corrected chi connectivity index (χ2v) is 5.18. The van der Waals surface area contributed by atoms with E-state index in [0.717, 1.165) is 31.4 Å². The molecular formula is C13H16Cl2O2. The Bertz CT molecular complexity index is 382. The van der Waals surface area contributed by atoms with Gasteiger partial charge in [0.15, 0.2) is 0 Å². The lowest BCUT2D eigenvalue weighted by Gasteiger charge is -2.23. The summed E-state index contributed by atoms with van der Waals surface area (Å²) >= 11 is 11.9. The lowest BCUT2D eigenvalue weighted by atomic mass is 9.89. The first-order valence-corrected chi connectivity index (χ1v) is 6.65. The zero-order chi connectivity index (χ0) is 12.3. The first kappa shape index (κ1) is 13.2. The molecule has 0 aliphatic carbocycles. The second kappa shape index (κ2) is 6.05. The smallest absolute Gasteiger partial charge is 0.0873 e. The molecule has 2 atom stereocenters. The molecule has 1 saturated heterocycles. The van der Waals surface area contributed by atoms with Gasteiger partial charge in [-0.2, -0.15) is 0 Å². The molecule has 1 fully saturated rings. The summed E-state index contributed by atoms with van der Waals surface area (Å²) in [5.74, 6) is 0.206. The Morgan fingerprint density at radius 3 is 2.76 bits per heavy atom. The summed E-state index contributed by atoms with van der Waals surface area (Å²) in [5, 5.41) is 10.5. The van der Waals surface area contributed by atoms with Crippen LogP contribution in [0.15, 0.2) is 18.2 Å². The van der Waals surface area contributed by atoms with Crippen molar-refractivity contribution < 1.29 is 9.84 Å². The Hall–Kier alpha value is -0.280. The van der Waals surface area contributed by atoms with Crippen molar-refractivity contribution >= 4 is 23.2 Å². The maximum Gasteiger partial charge on any atom is 0.0873 e. The van der Waals surface area contributed by atoms with Crippen LogP contribution in [0.2, 0.25) is 10.0 Å². The molecular weight excluding hydrogens is 259 g/mol. The third-order valence-corrected chi connectivity index (χ3v) is 3.98. The zero-order valence-corrected chi connectivity index (χ0v) is 11.0. The van der Waals surface area contributed by atoms with E-state index >= 15 is 0 Å². The standard InChI is InChI=1S/C13H16Cl2O2/c14-11-5-4-9(7-12(11)15)10-3-1-2-6-17-13(10)8-16/h4-5,7,10,13,16H,1-3,6,8H2/t10-,13+/m0/s1. The van der Waals surface area contributed by atoms with Gasteiger partial charge in [0, 0.05) is 12.5 Å². The van der Waals surface area contributed by atoms with Crippen molar-refractivity contribution in [2.75, 3.05) is 13.2 Å². The summed E-state index contributed by atoms with van der Waals surface area (Å²) in [7, 11) is 0. The molecule has 1 aromatic rings. The van der Waals surface area contributed by atoms with E-state index in [4.69, 9.17) is 27.9 Å². The van der Waals surface area contributed by atoms with Crippen LogP contribution < -0.4 is 0 Å². The van der Waals surface area contributed by atoms with Crippen LogP contribution in [-0.2, 0) is 4.74 Å². The van der Waals surface area contributed by atoms with Crippen LogP contribution in [0.1, 0.15) is 30.7 Å². The molecule has 0 bridgehead atoms. The number of aliphatic hydroxyl groups excluding tert-OH is 1. The molecule has 1 aromatic carbocycles. The van der Waals surface area contributed by atoms with Crippen LogP contribution in [0.5, 0.6) is 0 Å². The van der Waals surface area contributed by atoms with Gasteiger partial charge in [0.25, 0.3) is 0 Å². The maximum atomic E-state index is 9.39. The molecule has 0 radical (unpaired) electrons. The van der Waals surface area contributed by atoms with E-state index in [1.807, 2.05) is 12.1 Å². The van der Waals surface area contributed by atoms with Crippen LogP contribution >= 0.6 is 23.2 Å². The molecule has 1 aliphatic heterocycles. The molecule has 0 spiro atoms. The van der Waals surface area contributed by atoms with Crippen molar-refractivity contribution in [3.05, 3.63) is 33.8 Å². The van der Waals surface area contributed by atoms with Gasteiger partial charge in [0.05, 0.1) is 22.8 Å². The summed E-state index contributed by atoms with van der Waals surface area (Å²) < 4.78 is 5.66. The van der Waals surface area contributed by atoms with Gasteiger partial charge < -0.3 is 9.84 Å². The summed E-state index contributed by atoms with van der Waals surface area (Å²) in [5.41, 5.74) is 1.10. The molecule has 0 saturated carbocycles. The summed E-state index contributed by atoms with van der Waals surface area (Å²) in [6, 6.07) is 5.65. The van der Waals surface area contributed by atoms with E-state index in [9.17, 15) is 5.11 Å². The van der Waals surface area contributed by atoms with Crippen molar-refractivity contribution in [1.82, 2.24) is 0 Å². The Balaban J connectivity index is 2.25. The van der Waals surface area contributed by atoms with Crippen LogP contribution in [0.3, 0.4) is 0 Å². The van der Waals surface area contributed by atoms with E-state index in [1.54, 1.807) is 6.07 Å². The van der Waals surface area contributed by atoms with E-state index < -0.39 is 0 Å².